The van der Waals surface area contributed by atoms with Crippen molar-refractivity contribution >= 4 is 46.0 Å². The van der Waals surface area contributed by atoms with Gasteiger partial charge in [0.1, 0.15) is 5.65 Å². The molecule has 0 unspecified atom stereocenters. The van der Waals surface area contributed by atoms with Gasteiger partial charge in [-0.05, 0) is 24.5 Å². The van der Waals surface area contributed by atoms with Crippen molar-refractivity contribution < 1.29 is 0 Å². The van der Waals surface area contributed by atoms with Crippen LogP contribution in [0, 0.1) is 0 Å². The zero-order chi connectivity index (χ0) is 15.9. The number of halogens is 2. The SMILES string of the molecule is CSc1nc(-c2c(Cl)cccc2Cl)c2ccc(=O)n(C)c2n1. The van der Waals surface area contributed by atoms with Gasteiger partial charge >= 0.3 is 0 Å². The summed E-state index contributed by atoms with van der Waals surface area (Å²) in [4.78, 5) is 20.8. The van der Waals surface area contributed by atoms with Crippen LogP contribution in [0.15, 0.2) is 40.3 Å². The largest absolute Gasteiger partial charge is 0.296 e. The summed E-state index contributed by atoms with van der Waals surface area (Å²) in [6.07, 6.45) is 1.88. The van der Waals surface area contributed by atoms with Crippen LogP contribution in [-0.4, -0.2) is 20.8 Å². The maximum atomic E-state index is 11.9. The molecule has 0 amide bonds. The first-order chi connectivity index (χ1) is 10.5. The second-order valence-electron chi connectivity index (χ2n) is 4.62. The third-order valence-electron chi connectivity index (χ3n) is 3.33. The highest BCUT2D eigenvalue weighted by molar-refractivity contribution is 7.98. The van der Waals surface area contributed by atoms with Crippen LogP contribution in [0.3, 0.4) is 0 Å². The molecule has 2 aromatic heterocycles. The van der Waals surface area contributed by atoms with E-state index in [4.69, 9.17) is 23.2 Å². The summed E-state index contributed by atoms with van der Waals surface area (Å²) < 4.78 is 1.49. The van der Waals surface area contributed by atoms with Crippen LogP contribution in [0.4, 0.5) is 0 Å². The minimum Gasteiger partial charge on any atom is -0.296 e. The number of aromatic nitrogens is 3. The van der Waals surface area contributed by atoms with Crippen molar-refractivity contribution in [3.63, 3.8) is 0 Å². The molecule has 3 aromatic rings. The monoisotopic (exact) mass is 351 g/mol. The van der Waals surface area contributed by atoms with Crippen molar-refractivity contribution in [2.24, 2.45) is 7.05 Å². The van der Waals surface area contributed by atoms with Gasteiger partial charge in [0.25, 0.3) is 5.56 Å². The first kappa shape index (κ1) is 15.3. The Hall–Kier alpha value is -1.56. The first-order valence-electron chi connectivity index (χ1n) is 6.39. The van der Waals surface area contributed by atoms with Crippen molar-refractivity contribution in [1.82, 2.24) is 14.5 Å². The standard InChI is InChI=1S/C15H11Cl2N3OS/c1-20-11(21)7-6-8-13(18-15(22-2)19-14(8)20)12-9(16)4-3-5-10(12)17/h3-7H,1-2H3. The second kappa shape index (κ2) is 5.91. The molecule has 0 radical (unpaired) electrons. The lowest BCUT2D eigenvalue weighted by molar-refractivity contribution is 0.861. The van der Waals surface area contributed by atoms with Crippen molar-refractivity contribution in [1.29, 1.82) is 0 Å². The summed E-state index contributed by atoms with van der Waals surface area (Å²) in [6, 6.07) is 8.49. The van der Waals surface area contributed by atoms with E-state index in [1.165, 1.54) is 22.4 Å². The van der Waals surface area contributed by atoms with Gasteiger partial charge in [0.15, 0.2) is 5.16 Å². The Kier molecular flexibility index (Phi) is 4.12. The topological polar surface area (TPSA) is 47.8 Å². The summed E-state index contributed by atoms with van der Waals surface area (Å²) in [5.41, 5.74) is 1.69. The van der Waals surface area contributed by atoms with E-state index in [9.17, 15) is 4.79 Å². The fourth-order valence-corrected chi connectivity index (χ4v) is 3.16. The maximum absolute atomic E-state index is 11.9. The minimum atomic E-state index is -0.130. The number of nitrogens with zero attached hydrogens (tertiary/aromatic N) is 3. The average Bonchev–Trinajstić information content (AvgIpc) is 2.50. The molecule has 2 heterocycles. The second-order valence-corrected chi connectivity index (χ2v) is 6.21. The number of aryl methyl sites for hydroxylation is 1. The summed E-state index contributed by atoms with van der Waals surface area (Å²) >= 11 is 14.0. The highest BCUT2D eigenvalue weighted by Gasteiger charge is 2.17. The number of benzene rings is 1. The molecule has 22 heavy (non-hydrogen) atoms. The van der Waals surface area contributed by atoms with Gasteiger partial charge in [-0.25, -0.2) is 9.97 Å². The molecular weight excluding hydrogens is 341 g/mol. The lowest BCUT2D eigenvalue weighted by Gasteiger charge is -2.12. The minimum absolute atomic E-state index is 0.130. The molecule has 0 spiro atoms. The number of rotatable bonds is 2. The number of hydrogen-bond acceptors (Lipinski definition) is 4. The van der Waals surface area contributed by atoms with E-state index in [0.29, 0.717) is 32.1 Å². The molecule has 4 nitrogen and oxygen atoms in total. The maximum Gasteiger partial charge on any atom is 0.251 e. The van der Waals surface area contributed by atoms with E-state index in [-0.39, 0.29) is 5.56 Å². The third kappa shape index (κ3) is 2.49. The Morgan fingerprint density at radius 2 is 1.77 bits per heavy atom. The Morgan fingerprint density at radius 1 is 1.09 bits per heavy atom. The van der Waals surface area contributed by atoms with Gasteiger partial charge in [-0.3, -0.25) is 9.36 Å². The molecule has 0 aliphatic carbocycles. The molecule has 0 aliphatic heterocycles. The molecule has 0 saturated heterocycles. The van der Waals surface area contributed by atoms with E-state index >= 15 is 0 Å². The van der Waals surface area contributed by atoms with Crippen LogP contribution in [0.1, 0.15) is 0 Å². The van der Waals surface area contributed by atoms with E-state index < -0.39 is 0 Å². The Bertz CT molecular complexity index is 920. The fourth-order valence-electron chi connectivity index (χ4n) is 2.22. The highest BCUT2D eigenvalue weighted by atomic mass is 35.5. The summed E-state index contributed by atoms with van der Waals surface area (Å²) in [5.74, 6) is 0. The van der Waals surface area contributed by atoms with Gasteiger partial charge in [0, 0.05) is 24.1 Å². The van der Waals surface area contributed by atoms with Crippen LogP contribution < -0.4 is 5.56 Å². The normalized spacial score (nSPS) is 11.1. The molecule has 3 rings (SSSR count). The van der Waals surface area contributed by atoms with Crippen molar-refractivity contribution in [2.45, 2.75) is 5.16 Å². The molecule has 7 heteroatoms. The van der Waals surface area contributed by atoms with Gasteiger partial charge in [0.2, 0.25) is 0 Å². The Balaban J connectivity index is 2.48. The smallest absolute Gasteiger partial charge is 0.251 e. The number of pyridine rings is 1. The summed E-state index contributed by atoms with van der Waals surface area (Å²) in [6.45, 7) is 0. The number of hydrogen-bond donors (Lipinski definition) is 0. The Labute approximate surface area is 141 Å². The number of thioether (sulfide) groups is 1. The van der Waals surface area contributed by atoms with Crippen molar-refractivity contribution in [3.05, 3.63) is 50.7 Å². The molecule has 0 atom stereocenters. The van der Waals surface area contributed by atoms with Gasteiger partial charge in [0.05, 0.1) is 15.7 Å². The van der Waals surface area contributed by atoms with E-state index in [2.05, 4.69) is 9.97 Å². The molecular formula is C15H11Cl2N3OS. The molecule has 0 fully saturated rings. The predicted octanol–water partition coefficient (Wildman–Crippen LogP) is 4.02. The van der Waals surface area contributed by atoms with Gasteiger partial charge < -0.3 is 0 Å². The zero-order valence-electron chi connectivity index (χ0n) is 11.8. The lowest BCUT2D eigenvalue weighted by Crippen LogP contribution is -2.17. The summed E-state index contributed by atoms with van der Waals surface area (Å²) in [7, 11) is 1.68. The third-order valence-corrected chi connectivity index (χ3v) is 4.51. The highest BCUT2D eigenvalue weighted by Crippen LogP contribution is 2.37. The van der Waals surface area contributed by atoms with Crippen LogP contribution >= 0.6 is 35.0 Å². The van der Waals surface area contributed by atoms with Crippen molar-refractivity contribution in [2.75, 3.05) is 6.26 Å². The van der Waals surface area contributed by atoms with Gasteiger partial charge in [-0.15, -0.1) is 0 Å². The van der Waals surface area contributed by atoms with Crippen LogP contribution in [0.25, 0.3) is 22.3 Å². The van der Waals surface area contributed by atoms with Crippen LogP contribution in [0.2, 0.25) is 10.0 Å². The Morgan fingerprint density at radius 3 is 2.41 bits per heavy atom. The molecule has 0 saturated carbocycles. The average molecular weight is 352 g/mol. The van der Waals surface area contributed by atoms with E-state index in [1.54, 1.807) is 31.3 Å². The molecule has 0 aliphatic rings. The van der Waals surface area contributed by atoms with Gasteiger partial charge in [-0.2, -0.15) is 0 Å². The molecule has 0 N–H and O–H groups in total. The predicted molar refractivity (Wildman–Crippen MR) is 92.0 cm³/mol. The molecule has 112 valence electrons. The lowest BCUT2D eigenvalue weighted by atomic mass is 10.1. The quantitative estimate of drug-likeness (QED) is 0.516. The van der Waals surface area contributed by atoms with Gasteiger partial charge in [-0.1, -0.05) is 41.0 Å². The summed E-state index contributed by atoms with van der Waals surface area (Å²) in [5, 5.41) is 2.30. The van der Waals surface area contributed by atoms with E-state index in [1.807, 2.05) is 6.26 Å². The zero-order valence-corrected chi connectivity index (χ0v) is 14.1. The van der Waals surface area contributed by atoms with E-state index in [0.717, 1.165) is 5.39 Å². The van der Waals surface area contributed by atoms with Crippen LogP contribution in [0.5, 0.6) is 0 Å². The fraction of sp³-hybridized carbons (Fsp3) is 0.133. The molecule has 1 aromatic carbocycles. The van der Waals surface area contributed by atoms with Crippen LogP contribution in [-0.2, 0) is 7.05 Å². The molecule has 0 bridgehead atoms. The van der Waals surface area contributed by atoms with Crippen molar-refractivity contribution in [3.8, 4) is 11.3 Å². The first-order valence-corrected chi connectivity index (χ1v) is 8.37. The number of fused-ring (bicyclic) bond motifs is 1.